The van der Waals surface area contributed by atoms with E-state index < -0.39 is 17.8 Å². The molecule has 1 amide bonds. The molecule has 5 aliphatic carbocycles. The monoisotopic (exact) mass is 686 g/mol. The highest BCUT2D eigenvalue weighted by Crippen LogP contribution is 2.89. The fourth-order valence-corrected chi connectivity index (χ4v) is 14.6. The standard InChI is InChI=1S/C40H66N2O7/c1-10-47-33(36(5,6)45)26-17-23(2)30-31(48-26)32(43)38(8)28-12-11-27-35(3,4)29(13-14-39(27)22-40(28,39)16-15-37(30,38)7)49-34(44)42-18-24(19-42)41-20-25(21-41)46-9/h23-33,43,45H,10-22H2,1-9H3/t23-,26?,27+,28?,29+,30+,31?,32+,33+,37-,38-,39-,40+/m1/s1. The zero-order chi connectivity index (χ0) is 35.1. The van der Waals surface area contributed by atoms with Gasteiger partial charge in [-0.15, -0.1) is 0 Å². The number of fused-ring (bicyclic) bond motifs is 4. The van der Waals surface area contributed by atoms with Crippen molar-refractivity contribution < 1.29 is 34.0 Å². The minimum absolute atomic E-state index is 0.0122. The van der Waals surface area contributed by atoms with Gasteiger partial charge < -0.3 is 34.1 Å². The molecule has 8 rings (SSSR count). The first kappa shape index (κ1) is 35.1. The number of methoxy groups -OCH3 is 1. The number of aliphatic hydroxyl groups is 2. The van der Waals surface area contributed by atoms with Crippen LogP contribution in [0.2, 0.25) is 0 Å². The van der Waals surface area contributed by atoms with Crippen molar-refractivity contribution in [3.05, 3.63) is 0 Å². The minimum atomic E-state index is -1.03. The van der Waals surface area contributed by atoms with Crippen molar-refractivity contribution in [2.75, 3.05) is 39.9 Å². The van der Waals surface area contributed by atoms with Crippen molar-refractivity contribution >= 4 is 6.09 Å². The van der Waals surface area contributed by atoms with Gasteiger partial charge in [-0.2, -0.15) is 0 Å². The maximum absolute atomic E-state index is 13.4. The van der Waals surface area contributed by atoms with Gasteiger partial charge in [0.15, 0.2) is 0 Å². The lowest BCUT2D eigenvalue weighted by Gasteiger charge is -2.63. The summed E-state index contributed by atoms with van der Waals surface area (Å²) in [5.41, 5.74) is -0.850. The Morgan fingerprint density at radius 3 is 2.33 bits per heavy atom. The fourth-order valence-electron chi connectivity index (χ4n) is 14.6. The van der Waals surface area contributed by atoms with Gasteiger partial charge in [-0.25, -0.2) is 4.79 Å². The van der Waals surface area contributed by atoms with E-state index in [0.717, 1.165) is 64.7 Å². The third-order valence-corrected chi connectivity index (χ3v) is 17.2. The number of hydrogen-bond acceptors (Lipinski definition) is 8. The van der Waals surface area contributed by atoms with Crippen molar-refractivity contribution in [1.29, 1.82) is 0 Å². The number of aliphatic hydroxyl groups excluding tert-OH is 1. The second kappa shape index (κ2) is 11.3. The zero-order valence-electron chi connectivity index (χ0n) is 31.9. The molecule has 3 unspecified atom stereocenters. The van der Waals surface area contributed by atoms with E-state index in [1.54, 1.807) is 7.11 Å². The molecule has 8 fully saturated rings. The molecule has 0 aromatic rings. The van der Waals surface area contributed by atoms with E-state index in [1.807, 2.05) is 25.7 Å². The summed E-state index contributed by atoms with van der Waals surface area (Å²) < 4.78 is 24.9. The molecule has 0 aromatic carbocycles. The van der Waals surface area contributed by atoms with E-state index in [0.29, 0.717) is 36.5 Å². The summed E-state index contributed by atoms with van der Waals surface area (Å²) in [5.74, 6) is 1.63. The Bertz CT molecular complexity index is 1310. The van der Waals surface area contributed by atoms with Crippen LogP contribution in [0.25, 0.3) is 0 Å². The Kier molecular flexibility index (Phi) is 8.07. The van der Waals surface area contributed by atoms with E-state index >= 15 is 0 Å². The molecule has 3 aliphatic heterocycles. The third-order valence-electron chi connectivity index (χ3n) is 17.2. The zero-order valence-corrected chi connectivity index (χ0v) is 31.9. The molecule has 5 saturated carbocycles. The molecule has 13 atom stereocenters. The lowest BCUT2D eigenvalue weighted by Crippen LogP contribution is -2.68. The summed E-state index contributed by atoms with van der Waals surface area (Å²) in [7, 11) is 1.78. The molecule has 3 saturated heterocycles. The van der Waals surface area contributed by atoms with Crippen LogP contribution in [-0.4, -0.2) is 114 Å². The summed E-state index contributed by atoms with van der Waals surface area (Å²) in [5, 5.41) is 23.7. The summed E-state index contributed by atoms with van der Waals surface area (Å²) in [4.78, 5) is 17.7. The second-order valence-electron chi connectivity index (χ2n) is 19.8. The van der Waals surface area contributed by atoms with E-state index in [2.05, 4.69) is 39.5 Å². The number of likely N-dealkylation sites (tertiary alicyclic amines) is 2. The molecule has 9 nitrogen and oxygen atoms in total. The molecule has 49 heavy (non-hydrogen) atoms. The summed E-state index contributed by atoms with van der Waals surface area (Å²) >= 11 is 0. The van der Waals surface area contributed by atoms with Crippen LogP contribution in [-0.2, 0) is 18.9 Å². The van der Waals surface area contributed by atoms with Crippen molar-refractivity contribution in [2.24, 2.45) is 50.7 Å². The first-order valence-corrected chi connectivity index (χ1v) is 19.9. The molecule has 0 bridgehead atoms. The van der Waals surface area contributed by atoms with Gasteiger partial charge in [0.2, 0.25) is 0 Å². The Morgan fingerprint density at radius 2 is 1.67 bits per heavy atom. The second-order valence-corrected chi connectivity index (χ2v) is 19.8. The molecule has 278 valence electrons. The summed E-state index contributed by atoms with van der Waals surface area (Å²) in [6.07, 6.45) is 7.44. The van der Waals surface area contributed by atoms with Gasteiger partial charge in [-0.3, -0.25) is 4.90 Å². The number of nitrogens with zero attached hydrogens (tertiary/aromatic N) is 2. The first-order valence-electron chi connectivity index (χ1n) is 19.9. The average Bonchev–Trinajstić information content (AvgIpc) is 3.61. The Morgan fingerprint density at radius 1 is 1.00 bits per heavy atom. The van der Waals surface area contributed by atoms with Crippen LogP contribution in [0, 0.1) is 50.7 Å². The summed E-state index contributed by atoms with van der Waals surface area (Å²) in [6.45, 7) is 21.6. The molecule has 3 heterocycles. The highest BCUT2D eigenvalue weighted by molar-refractivity contribution is 5.69. The number of amides is 1. The highest BCUT2D eigenvalue weighted by atomic mass is 16.6. The van der Waals surface area contributed by atoms with Crippen LogP contribution in [0.1, 0.15) is 107 Å². The maximum atomic E-state index is 13.4. The van der Waals surface area contributed by atoms with Crippen LogP contribution in [0.15, 0.2) is 0 Å². The summed E-state index contributed by atoms with van der Waals surface area (Å²) in [6, 6.07) is 0.434. The molecule has 0 aromatic heterocycles. The van der Waals surface area contributed by atoms with Crippen molar-refractivity contribution in [2.45, 2.75) is 155 Å². The maximum Gasteiger partial charge on any atom is 0.410 e. The van der Waals surface area contributed by atoms with Gasteiger partial charge in [-0.1, -0.05) is 34.6 Å². The van der Waals surface area contributed by atoms with E-state index in [4.69, 9.17) is 18.9 Å². The van der Waals surface area contributed by atoms with Gasteiger partial charge in [0.25, 0.3) is 0 Å². The molecule has 2 spiro atoms. The fraction of sp³-hybridized carbons (Fsp3) is 0.975. The highest BCUT2D eigenvalue weighted by Gasteiger charge is 2.85. The van der Waals surface area contributed by atoms with E-state index in [-0.39, 0.29) is 57.4 Å². The topological polar surface area (TPSA) is 101 Å². The van der Waals surface area contributed by atoms with Crippen LogP contribution < -0.4 is 0 Å². The van der Waals surface area contributed by atoms with Crippen molar-refractivity contribution in [1.82, 2.24) is 9.80 Å². The lowest BCUT2D eigenvalue weighted by atomic mass is 9.41. The molecule has 2 N–H and O–H groups in total. The van der Waals surface area contributed by atoms with E-state index in [9.17, 15) is 15.0 Å². The van der Waals surface area contributed by atoms with Crippen molar-refractivity contribution in [3.8, 4) is 0 Å². The predicted octanol–water partition coefficient (Wildman–Crippen LogP) is 5.50. The number of carbonyl (C=O) groups excluding carboxylic acids is 1. The predicted molar refractivity (Wildman–Crippen MR) is 186 cm³/mol. The number of hydrogen-bond donors (Lipinski definition) is 2. The SMILES string of the molecule is CCO[C@@H](C1C[C@@H](C)[C@H]2C(O1)[C@H](O)[C@@]1(C)C3CC[C@H]4C(C)(C)[C@@H](OC(=O)N5CC(N6CC(OC)C6)C5)CC[C@@]45C[C@@]35CC[C@]21C)C(C)(C)O. The Balaban J connectivity index is 0.982. The number of ether oxygens (including phenoxy) is 4. The van der Waals surface area contributed by atoms with Gasteiger partial charge in [-0.05, 0) is 112 Å². The van der Waals surface area contributed by atoms with Gasteiger partial charge >= 0.3 is 6.09 Å². The van der Waals surface area contributed by atoms with Crippen LogP contribution >= 0.6 is 0 Å². The van der Waals surface area contributed by atoms with Gasteiger partial charge in [0, 0.05) is 56.8 Å². The van der Waals surface area contributed by atoms with Crippen LogP contribution in [0.4, 0.5) is 4.79 Å². The quantitative estimate of drug-likeness (QED) is 0.363. The van der Waals surface area contributed by atoms with Gasteiger partial charge in [0.05, 0.1) is 30.0 Å². The molecular weight excluding hydrogens is 620 g/mol. The average molecular weight is 687 g/mol. The molecule has 0 radical (unpaired) electrons. The Labute approximate surface area is 295 Å². The molecule has 8 aliphatic rings. The lowest BCUT2D eigenvalue weighted by molar-refractivity contribution is -0.215. The largest absolute Gasteiger partial charge is 0.446 e. The Hall–Kier alpha value is -0.970. The first-order chi connectivity index (χ1) is 23.0. The minimum Gasteiger partial charge on any atom is -0.446 e. The van der Waals surface area contributed by atoms with Crippen LogP contribution in [0.5, 0.6) is 0 Å². The molecule has 9 heteroatoms. The van der Waals surface area contributed by atoms with Gasteiger partial charge in [0.1, 0.15) is 12.2 Å². The number of carbonyl (C=O) groups is 1. The molecular formula is C40H66N2O7. The van der Waals surface area contributed by atoms with Crippen LogP contribution in [0.3, 0.4) is 0 Å². The smallest absolute Gasteiger partial charge is 0.410 e. The van der Waals surface area contributed by atoms with Crippen molar-refractivity contribution in [3.63, 3.8) is 0 Å². The third kappa shape index (κ3) is 4.60. The normalized spacial score (nSPS) is 49.7. The van der Waals surface area contributed by atoms with E-state index in [1.165, 1.54) is 12.8 Å². The number of rotatable bonds is 7.